The summed E-state index contributed by atoms with van der Waals surface area (Å²) in [6.45, 7) is 8.41. The number of aryl methyl sites for hydroxylation is 1. The number of hydrogen-bond donors (Lipinski definition) is 0. The molecular formula is C18H24N2O2S. The Morgan fingerprint density at radius 1 is 1.17 bits per heavy atom. The van der Waals surface area contributed by atoms with E-state index in [1.165, 1.54) is 5.56 Å². The highest BCUT2D eigenvalue weighted by Crippen LogP contribution is 2.32. The lowest BCUT2D eigenvalue weighted by atomic mass is 9.98. The summed E-state index contributed by atoms with van der Waals surface area (Å²) in [5.41, 5.74) is 5.62. The monoisotopic (exact) mass is 332 g/mol. The molecule has 1 aromatic carbocycles. The van der Waals surface area contributed by atoms with Crippen LogP contribution in [-0.4, -0.2) is 29.7 Å². The summed E-state index contributed by atoms with van der Waals surface area (Å²) in [5, 5.41) is 4.64. The molecule has 1 atom stereocenters. The largest absolute Gasteiger partial charge is 0.265 e. The number of benzene rings is 1. The van der Waals surface area contributed by atoms with E-state index in [4.69, 9.17) is 0 Å². The first-order chi connectivity index (χ1) is 10.8. The maximum Gasteiger partial charge on any atom is 0.152 e. The molecule has 0 bridgehead atoms. The van der Waals surface area contributed by atoms with Crippen LogP contribution in [0.1, 0.15) is 49.2 Å². The number of aromatic nitrogens is 2. The van der Waals surface area contributed by atoms with Crippen LogP contribution in [0.5, 0.6) is 0 Å². The van der Waals surface area contributed by atoms with E-state index in [1.54, 1.807) is 0 Å². The highest BCUT2D eigenvalue weighted by Gasteiger charge is 2.31. The molecule has 0 saturated carbocycles. The van der Waals surface area contributed by atoms with E-state index in [-0.39, 0.29) is 17.5 Å². The highest BCUT2D eigenvalue weighted by atomic mass is 32.2. The third-order valence-corrected chi connectivity index (χ3v) is 6.50. The lowest BCUT2D eigenvalue weighted by molar-refractivity contribution is 0.486. The molecule has 0 N–H and O–H groups in total. The van der Waals surface area contributed by atoms with E-state index in [1.807, 2.05) is 18.5 Å². The summed E-state index contributed by atoms with van der Waals surface area (Å²) in [6.07, 6.45) is 0.663. The van der Waals surface area contributed by atoms with Crippen LogP contribution in [0.15, 0.2) is 24.3 Å². The minimum atomic E-state index is -2.90. The van der Waals surface area contributed by atoms with E-state index in [0.29, 0.717) is 12.3 Å². The maximum absolute atomic E-state index is 11.7. The van der Waals surface area contributed by atoms with Crippen molar-refractivity contribution in [3.8, 4) is 11.1 Å². The number of sulfone groups is 1. The number of nitrogens with zero attached hydrogens (tertiary/aromatic N) is 2. The van der Waals surface area contributed by atoms with Crippen molar-refractivity contribution in [2.75, 3.05) is 11.5 Å². The first kappa shape index (κ1) is 16.2. The van der Waals surface area contributed by atoms with E-state index in [2.05, 4.69) is 43.2 Å². The zero-order valence-corrected chi connectivity index (χ0v) is 15.0. The first-order valence-corrected chi connectivity index (χ1v) is 9.97. The Kier molecular flexibility index (Phi) is 4.08. The summed E-state index contributed by atoms with van der Waals surface area (Å²) in [5.74, 6) is 0.993. The second-order valence-electron chi connectivity index (χ2n) is 6.82. The quantitative estimate of drug-likeness (QED) is 0.862. The molecule has 1 aromatic heterocycles. The second-order valence-corrected chi connectivity index (χ2v) is 9.05. The molecule has 0 radical (unpaired) electrons. The molecule has 0 amide bonds. The third-order valence-electron chi connectivity index (χ3n) is 4.75. The van der Waals surface area contributed by atoms with Crippen molar-refractivity contribution in [1.82, 2.24) is 9.78 Å². The Balaban J connectivity index is 1.98. The zero-order valence-electron chi connectivity index (χ0n) is 14.2. The summed E-state index contributed by atoms with van der Waals surface area (Å²) in [6, 6.07) is 8.58. The van der Waals surface area contributed by atoms with Gasteiger partial charge in [0.1, 0.15) is 0 Å². The van der Waals surface area contributed by atoms with E-state index < -0.39 is 9.84 Å². The molecule has 1 aliphatic heterocycles. The lowest BCUT2D eigenvalue weighted by Crippen LogP contribution is -2.13. The highest BCUT2D eigenvalue weighted by molar-refractivity contribution is 7.91. The Labute approximate surface area is 138 Å². The van der Waals surface area contributed by atoms with Gasteiger partial charge >= 0.3 is 0 Å². The van der Waals surface area contributed by atoms with Crippen molar-refractivity contribution in [2.24, 2.45) is 0 Å². The topological polar surface area (TPSA) is 52.0 Å². The SMILES string of the molecule is Cc1nn(C2CCS(=O)(=O)C2)c(C)c1-c1ccc(C(C)C)cc1. The summed E-state index contributed by atoms with van der Waals surface area (Å²) < 4.78 is 25.4. The zero-order chi connectivity index (χ0) is 16.8. The predicted octanol–water partition coefficient (Wildman–Crippen LogP) is 3.65. The summed E-state index contributed by atoms with van der Waals surface area (Å²) in [4.78, 5) is 0. The average molecular weight is 332 g/mol. The van der Waals surface area contributed by atoms with Crippen molar-refractivity contribution in [1.29, 1.82) is 0 Å². The summed E-state index contributed by atoms with van der Waals surface area (Å²) in [7, 11) is -2.90. The molecule has 1 aliphatic rings. The average Bonchev–Trinajstić information content (AvgIpc) is 2.98. The van der Waals surface area contributed by atoms with Crippen LogP contribution in [0, 0.1) is 13.8 Å². The normalized spacial score (nSPS) is 20.3. The Bertz CT molecular complexity index is 817. The fourth-order valence-electron chi connectivity index (χ4n) is 3.44. The van der Waals surface area contributed by atoms with Gasteiger partial charge in [0.15, 0.2) is 9.84 Å². The molecular weight excluding hydrogens is 308 g/mol. The van der Waals surface area contributed by atoms with Gasteiger partial charge in [-0.25, -0.2) is 8.42 Å². The molecule has 4 nitrogen and oxygen atoms in total. The number of hydrogen-bond acceptors (Lipinski definition) is 3. The van der Waals surface area contributed by atoms with Crippen LogP contribution in [0.2, 0.25) is 0 Å². The minimum Gasteiger partial charge on any atom is -0.265 e. The Hall–Kier alpha value is -1.62. The predicted molar refractivity (Wildman–Crippen MR) is 93.5 cm³/mol. The van der Waals surface area contributed by atoms with Gasteiger partial charge in [0, 0.05) is 11.3 Å². The number of rotatable bonds is 3. The fourth-order valence-corrected chi connectivity index (χ4v) is 5.13. The van der Waals surface area contributed by atoms with Crippen LogP contribution in [0.3, 0.4) is 0 Å². The van der Waals surface area contributed by atoms with Gasteiger partial charge < -0.3 is 0 Å². The Morgan fingerprint density at radius 3 is 2.35 bits per heavy atom. The molecule has 2 aromatic rings. The minimum absolute atomic E-state index is 0.0256. The van der Waals surface area contributed by atoms with Crippen molar-refractivity contribution in [3.05, 3.63) is 41.2 Å². The molecule has 124 valence electrons. The van der Waals surface area contributed by atoms with E-state index in [0.717, 1.165) is 22.5 Å². The maximum atomic E-state index is 11.7. The lowest BCUT2D eigenvalue weighted by Gasteiger charge is -2.12. The van der Waals surface area contributed by atoms with Gasteiger partial charge in [-0.05, 0) is 37.3 Å². The molecule has 2 heterocycles. The van der Waals surface area contributed by atoms with Crippen LogP contribution >= 0.6 is 0 Å². The molecule has 3 rings (SSSR count). The van der Waals surface area contributed by atoms with Gasteiger partial charge in [0.05, 0.1) is 23.2 Å². The molecule has 5 heteroatoms. The molecule has 23 heavy (non-hydrogen) atoms. The van der Waals surface area contributed by atoms with Crippen molar-refractivity contribution >= 4 is 9.84 Å². The van der Waals surface area contributed by atoms with Gasteiger partial charge in [-0.2, -0.15) is 5.10 Å². The van der Waals surface area contributed by atoms with Gasteiger partial charge in [0.2, 0.25) is 0 Å². The van der Waals surface area contributed by atoms with Crippen molar-refractivity contribution < 1.29 is 8.42 Å². The Morgan fingerprint density at radius 2 is 1.83 bits per heavy atom. The van der Waals surface area contributed by atoms with Gasteiger partial charge in [-0.1, -0.05) is 38.1 Å². The van der Waals surface area contributed by atoms with Gasteiger partial charge in [0.25, 0.3) is 0 Å². The molecule has 1 saturated heterocycles. The van der Waals surface area contributed by atoms with Gasteiger partial charge in [-0.15, -0.1) is 0 Å². The fraction of sp³-hybridized carbons (Fsp3) is 0.500. The van der Waals surface area contributed by atoms with E-state index >= 15 is 0 Å². The van der Waals surface area contributed by atoms with Crippen molar-refractivity contribution in [2.45, 2.75) is 46.1 Å². The first-order valence-electron chi connectivity index (χ1n) is 8.15. The smallest absolute Gasteiger partial charge is 0.152 e. The van der Waals surface area contributed by atoms with Crippen LogP contribution in [-0.2, 0) is 9.84 Å². The van der Waals surface area contributed by atoms with Crippen LogP contribution in [0.4, 0.5) is 0 Å². The standard InChI is InChI=1S/C18H24N2O2S/c1-12(2)15-5-7-16(8-6-15)18-13(3)19-20(14(18)4)17-9-10-23(21,22)11-17/h5-8,12,17H,9-11H2,1-4H3. The molecule has 1 unspecified atom stereocenters. The van der Waals surface area contributed by atoms with E-state index in [9.17, 15) is 8.42 Å². The third kappa shape index (κ3) is 3.07. The van der Waals surface area contributed by atoms with Crippen LogP contribution < -0.4 is 0 Å². The van der Waals surface area contributed by atoms with Crippen molar-refractivity contribution in [3.63, 3.8) is 0 Å². The molecule has 0 spiro atoms. The second kappa shape index (κ2) is 5.78. The van der Waals surface area contributed by atoms with Crippen LogP contribution in [0.25, 0.3) is 11.1 Å². The summed E-state index contributed by atoms with van der Waals surface area (Å²) >= 11 is 0. The van der Waals surface area contributed by atoms with Gasteiger partial charge in [-0.3, -0.25) is 4.68 Å². The molecule has 0 aliphatic carbocycles. The molecule has 1 fully saturated rings.